The van der Waals surface area contributed by atoms with E-state index in [1.807, 2.05) is 36.4 Å². The first-order valence-electron chi connectivity index (χ1n) is 6.58. The summed E-state index contributed by atoms with van der Waals surface area (Å²) >= 11 is 15.8. The van der Waals surface area contributed by atoms with Gasteiger partial charge in [0.05, 0.1) is 23.2 Å². The maximum absolute atomic E-state index is 6.14. The zero-order valence-corrected chi connectivity index (χ0v) is 14.9. The topological polar surface area (TPSA) is 21.3 Å². The zero-order valence-electron chi connectivity index (χ0n) is 11.8. The predicted molar refractivity (Wildman–Crippen MR) is 92.7 cm³/mol. The second kappa shape index (κ2) is 7.50. The van der Waals surface area contributed by atoms with Crippen molar-refractivity contribution in [1.82, 2.24) is 5.32 Å². The van der Waals surface area contributed by atoms with Gasteiger partial charge in [-0.05, 0) is 41.9 Å². The fourth-order valence-corrected chi connectivity index (χ4v) is 3.07. The summed E-state index contributed by atoms with van der Waals surface area (Å²) in [5, 5.41) is 4.58. The second-order valence-corrected chi connectivity index (χ2v) is 6.22. The van der Waals surface area contributed by atoms with E-state index in [9.17, 15) is 0 Å². The van der Waals surface area contributed by atoms with Crippen LogP contribution in [0.2, 0.25) is 10.0 Å². The van der Waals surface area contributed by atoms with Crippen molar-refractivity contribution in [2.45, 2.75) is 13.0 Å². The quantitative estimate of drug-likeness (QED) is 0.733. The molecule has 2 nitrogen and oxygen atoms in total. The lowest BCUT2D eigenvalue weighted by molar-refractivity contribution is 0.414. The minimum atomic E-state index is 0.0325. The first kappa shape index (κ1) is 16.6. The Labute approximate surface area is 143 Å². The first-order chi connectivity index (χ1) is 10.1. The molecule has 0 fully saturated rings. The van der Waals surface area contributed by atoms with Crippen LogP contribution in [0.5, 0.6) is 5.75 Å². The van der Waals surface area contributed by atoms with Crippen molar-refractivity contribution in [2.75, 3.05) is 13.7 Å². The van der Waals surface area contributed by atoms with E-state index in [4.69, 9.17) is 27.9 Å². The lowest BCUT2D eigenvalue weighted by Gasteiger charge is -2.21. The number of methoxy groups -OCH3 is 1. The van der Waals surface area contributed by atoms with E-state index < -0.39 is 0 Å². The van der Waals surface area contributed by atoms with Crippen molar-refractivity contribution in [3.05, 3.63) is 62.0 Å². The third-order valence-electron chi connectivity index (χ3n) is 3.20. The highest BCUT2D eigenvalue weighted by atomic mass is 79.9. The Kier molecular flexibility index (Phi) is 5.94. The van der Waals surface area contributed by atoms with E-state index in [1.165, 1.54) is 0 Å². The number of hydrogen-bond acceptors (Lipinski definition) is 2. The Bertz CT molecular complexity index is 634. The summed E-state index contributed by atoms with van der Waals surface area (Å²) in [6.07, 6.45) is 0. The highest BCUT2D eigenvalue weighted by Crippen LogP contribution is 2.33. The van der Waals surface area contributed by atoms with Crippen molar-refractivity contribution in [3.63, 3.8) is 0 Å². The first-order valence-corrected chi connectivity index (χ1v) is 8.13. The van der Waals surface area contributed by atoms with Gasteiger partial charge >= 0.3 is 0 Å². The number of rotatable bonds is 5. The minimum absolute atomic E-state index is 0.0325. The van der Waals surface area contributed by atoms with Crippen LogP contribution in [0.1, 0.15) is 24.1 Å². The molecule has 0 aromatic heterocycles. The summed E-state index contributed by atoms with van der Waals surface area (Å²) in [5.41, 5.74) is 2.19. The summed E-state index contributed by atoms with van der Waals surface area (Å²) in [5.74, 6) is 0.815. The van der Waals surface area contributed by atoms with Crippen LogP contribution in [0.25, 0.3) is 0 Å². The summed E-state index contributed by atoms with van der Waals surface area (Å²) in [4.78, 5) is 0. The molecule has 2 rings (SSSR count). The van der Waals surface area contributed by atoms with Gasteiger partial charge in [0.2, 0.25) is 0 Å². The average Bonchev–Trinajstić information content (AvgIpc) is 2.48. The van der Waals surface area contributed by atoms with Gasteiger partial charge in [0.25, 0.3) is 0 Å². The van der Waals surface area contributed by atoms with Gasteiger partial charge in [0.15, 0.2) is 0 Å². The molecule has 2 aromatic carbocycles. The van der Waals surface area contributed by atoms with Crippen LogP contribution in [-0.4, -0.2) is 13.7 Å². The van der Waals surface area contributed by atoms with Gasteiger partial charge in [-0.2, -0.15) is 0 Å². The molecule has 112 valence electrons. The summed E-state index contributed by atoms with van der Waals surface area (Å²) in [6.45, 7) is 2.91. The van der Waals surface area contributed by atoms with Crippen LogP contribution in [0.15, 0.2) is 40.9 Å². The summed E-state index contributed by atoms with van der Waals surface area (Å²) in [7, 11) is 1.65. The molecule has 0 spiro atoms. The third-order valence-corrected chi connectivity index (χ3v) is 4.63. The fraction of sp³-hybridized carbons (Fsp3) is 0.250. The van der Waals surface area contributed by atoms with Gasteiger partial charge in [0.1, 0.15) is 5.75 Å². The Balaban J connectivity index is 2.45. The molecule has 0 aliphatic heterocycles. The van der Waals surface area contributed by atoms with Gasteiger partial charge in [-0.15, -0.1) is 0 Å². The molecular weight excluding hydrogens is 373 g/mol. The minimum Gasteiger partial charge on any atom is -0.497 e. The van der Waals surface area contributed by atoms with Crippen molar-refractivity contribution >= 4 is 39.1 Å². The maximum Gasteiger partial charge on any atom is 0.120 e. The molecule has 1 unspecified atom stereocenters. The molecule has 0 heterocycles. The third kappa shape index (κ3) is 3.92. The van der Waals surface area contributed by atoms with Crippen LogP contribution >= 0.6 is 39.1 Å². The number of benzene rings is 2. The van der Waals surface area contributed by atoms with E-state index in [1.54, 1.807) is 7.11 Å². The monoisotopic (exact) mass is 387 g/mol. The van der Waals surface area contributed by atoms with Crippen molar-refractivity contribution in [2.24, 2.45) is 0 Å². The number of halogens is 3. The van der Waals surface area contributed by atoms with E-state index in [2.05, 4.69) is 28.2 Å². The van der Waals surface area contributed by atoms with E-state index in [0.29, 0.717) is 10.0 Å². The van der Waals surface area contributed by atoms with Gasteiger partial charge in [-0.1, -0.05) is 58.2 Å². The van der Waals surface area contributed by atoms with Gasteiger partial charge in [0, 0.05) is 4.47 Å². The Morgan fingerprint density at radius 2 is 1.90 bits per heavy atom. The zero-order chi connectivity index (χ0) is 15.4. The molecule has 2 aromatic rings. The highest BCUT2D eigenvalue weighted by molar-refractivity contribution is 9.10. The normalized spacial score (nSPS) is 12.2. The molecule has 0 saturated carbocycles. The van der Waals surface area contributed by atoms with Crippen molar-refractivity contribution in [1.29, 1.82) is 0 Å². The molecule has 0 bridgehead atoms. The van der Waals surface area contributed by atoms with Crippen molar-refractivity contribution in [3.8, 4) is 5.75 Å². The average molecular weight is 389 g/mol. The lowest BCUT2D eigenvalue weighted by Crippen LogP contribution is -2.22. The predicted octanol–water partition coefficient (Wildman–Crippen LogP) is 5.46. The number of ether oxygens (including phenoxy) is 1. The summed E-state index contributed by atoms with van der Waals surface area (Å²) < 4.78 is 6.23. The Morgan fingerprint density at radius 3 is 2.48 bits per heavy atom. The van der Waals surface area contributed by atoms with E-state index in [0.717, 1.165) is 27.9 Å². The Hall–Kier alpha value is -0.740. The van der Waals surface area contributed by atoms with E-state index >= 15 is 0 Å². The smallest absolute Gasteiger partial charge is 0.120 e. The van der Waals surface area contributed by atoms with Crippen LogP contribution in [0, 0.1) is 0 Å². The SMILES string of the molecule is CCNC(c1ccc(Cl)c(Cl)c1)c1ccc(OC)cc1Br. The summed E-state index contributed by atoms with van der Waals surface area (Å²) in [6, 6.07) is 11.7. The number of nitrogens with one attached hydrogen (secondary N) is 1. The molecule has 1 atom stereocenters. The molecular formula is C16H16BrCl2NO. The maximum atomic E-state index is 6.14. The largest absolute Gasteiger partial charge is 0.497 e. The Morgan fingerprint density at radius 1 is 1.14 bits per heavy atom. The van der Waals surface area contributed by atoms with Crippen LogP contribution in [0.3, 0.4) is 0 Å². The van der Waals surface area contributed by atoms with Crippen LogP contribution < -0.4 is 10.1 Å². The van der Waals surface area contributed by atoms with Crippen LogP contribution in [0.4, 0.5) is 0 Å². The number of hydrogen-bond donors (Lipinski definition) is 1. The molecule has 0 aliphatic rings. The lowest BCUT2D eigenvalue weighted by atomic mass is 9.98. The molecule has 0 saturated heterocycles. The molecule has 5 heteroatoms. The second-order valence-electron chi connectivity index (χ2n) is 4.55. The van der Waals surface area contributed by atoms with Gasteiger partial charge < -0.3 is 10.1 Å². The standard InChI is InChI=1S/C16H16BrCl2NO/c1-3-20-16(10-4-7-14(18)15(19)8-10)12-6-5-11(21-2)9-13(12)17/h4-9,16,20H,3H2,1-2H3. The molecule has 1 N–H and O–H groups in total. The van der Waals surface area contributed by atoms with Crippen LogP contribution in [-0.2, 0) is 0 Å². The molecule has 21 heavy (non-hydrogen) atoms. The fourth-order valence-electron chi connectivity index (χ4n) is 2.17. The molecule has 0 radical (unpaired) electrons. The highest BCUT2D eigenvalue weighted by Gasteiger charge is 2.17. The molecule has 0 aliphatic carbocycles. The molecule has 0 amide bonds. The van der Waals surface area contributed by atoms with Crippen molar-refractivity contribution < 1.29 is 4.74 Å². The van der Waals surface area contributed by atoms with E-state index in [-0.39, 0.29) is 6.04 Å². The van der Waals surface area contributed by atoms with Gasteiger partial charge in [-0.25, -0.2) is 0 Å². The van der Waals surface area contributed by atoms with Gasteiger partial charge in [-0.3, -0.25) is 0 Å².